The standard InChI is InChI=1S/C17H13F3N2O5S/c18-17(19,20)28(25,26)21-13-6-7-14-12(8-13)9-15(27-16(23)24)22(14)10-11-4-2-1-3-5-11/h1-9,21H,10H2,(H,23,24). The van der Waals surface area contributed by atoms with E-state index in [9.17, 15) is 26.4 Å². The van der Waals surface area contributed by atoms with Crippen LogP contribution in [-0.4, -0.2) is 29.8 Å². The summed E-state index contributed by atoms with van der Waals surface area (Å²) in [6.07, 6.45) is -1.56. The van der Waals surface area contributed by atoms with Gasteiger partial charge in [0.2, 0.25) is 5.88 Å². The largest absolute Gasteiger partial charge is 0.516 e. The molecule has 148 valence electrons. The molecule has 0 amide bonds. The van der Waals surface area contributed by atoms with Crippen LogP contribution in [0.2, 0.25) is 0 Å². The fourth-order valence-corrected chi connectivity index (χ4v) is 3.18. The van der Waals surface area contributed by atoms with Gasteiger partial charge >= 0.3 is 21.7 Å². The van der Waals surface area contributed by atoms with Crippen molar-refractivity contribution in [3.8, 4) is 5.88 Å². The van der Waals surface area contributed by atoms with E-state index in [-0.39, 0.29) is 18.1 Å². The fraction of sp³-hybridized carbons (Fsp3) is 0.118. The van der Waals surface area contributed by atoms with Gasteiger partial charge in [0.1, 0.15) is 0 Å². The first-order chi connectivity index (χ1) is 13.1. The van der Waals surface area contributed by atoms with E-state index in [2.05, 4.69) is 0 Å². The summed E-state index contributed by atoms with van der Waals surface area (Å²) in [6, 6.07) is 14.0. The Balaban J connectivity index is 2.03. The Morgan fingerprint density at radius 2 is 1.79 bits per heavy atom. The number of rotatable bonds is 5. The summed E-state index contributed by atoms with van der Waals surface area (Å²) in [7, 11) is -5.57. The Kier molecular flexibility index (Phi) is 4.94. The molecule has 7 nitrogen and oxygen atoms in total. The van der Waals surface area contributed by atoms with Crippen LogP contribution in [0.15, 0.2) is 54.6 Å². The van der Waals surface area contributed by atoms with Crippen LogP contribution in [0.3, 0.4) is 0 Å². The van der Waals surface area contributed by atoms with Gasteiger partial charge in [0, 0.05) is 17.1 Å². The molecular weight excluding hydrogens is 401 g/mol. The van der Waals surface area contributed by atoms with Crippen molar-refractivity contribution in [2.75, 3.05) is 4.72 Å². The maximum absolute atomic E-state index is 12.5. The van der Waals surface area contributed by atoms with Gasteiger partial charge in [-0.3, -0.25) is 4.72 Å². The number of fused-ring (bicyclic) bond motifs is 1. The highest BCUT2D eigenvalue weighted by Crippen LogP contribution is 2.31. The minimum atomic E-state index is -5.57. The zero-order chi connectivity index (χ0) is 20.5. The summed E-state index contributed by atoms with van der Waals surface area (Å²) in [6.45, 7) is 0.237. The van der Waals surface area contributed by atoms with Gasteiger partial charge in [0.15, 0.2) is 0 Å². The predicted molar refractivity (Wildman–Crippen MR) is 94.7 cm³/mol. The molecule has 0 aliphatic heterocycles. The Morgan fingerprint density at radius 1 is 1.11 bits per heavy atom. The van der Waals surface area contributed by atoms with Crippen molar-refractivity contribution in [1.29, 1.82) is 0 Å². The zero-order valence-electron chi connectivity index (χ0n) is 14.0. The van der Waals surface area contributed by atoms with Crippen molar-refractivity contribution in [2.24, 2.45) is 0 Å². The maximum atomic E-state index is 12.5. The van der Waals surface area contributed by atoms with Crippen molar-refractivity contribution >= 4 is 32.8 Å². The Morgan fingerprint density at radius 3 is 2.39 bits per heavy atom. The van der Waals surface area contributed by atoms with E-state index in [1.807, 2.05) is 18.2 Å². The van der Waals surface area contributed by atoms with Gasteiger partial charge in [-0.15, -0.1) is 0 Å². The average Bonchev–Trinajstić information content (AvgIpc) is 2.90. The summed E-state index contributed by atoms with van der Waals surface area (Å²) in [5, 5.41) is 9.23. The number of anilines is 1. The normalized spacial score (nSPS) is 12.1. The lowest BCUT2D eigenvalue weighted by Crippen LogP contribution is -2.29. The number of hydrogen-bond donors (Lipinski definition) is 2. The molecular formula is C17H13F3N2O5S. The lowest BCUT2D eigenvalue weighted by molar-refractivity contribution is -0.0429. The van der Waals surface area contributed by atoms with Crippen molar-refractivity contribution in [3.05, 3.63) is 60.2 Å². The number of carbonyl (C=O) groups is 1. The number of benzene rings is 2. The molecule has 3 rings (SSSR count). The van der Waals surface area contributed by atoms with E-state index in [0.717, 1.165) is 17.7 Å². The van der Waals surface area contributed by atoms with Gasteiger partial charge in [0.05, 0.1) is 12.1 Å². The van der Waals surface area contributed by atoms with E-state index in [0.29, 0.717) is 10.9 Å². The number of nitrogens with one attached hydrogen (secondary N) is 1. The van der Waals surface area contributed by atoms with Crippen LogP contribution < -0.4 is 9.46 Å². The Labute approximate surface area is 157 Å². The van der Waals surface area contributed by atoms with E-state index >= 15 is 0 Å². The summed E-state index contributed by atoms with van der Waals surface area (Å²) >= 11 is 0. The van der Waals surface area contributed by atoms with Gasteiger partial charge in [-0.2, -0.15) is 21.6 Å². The first-order valence-electron chi connectivity index (χ1n) is 7.74. The number of nitrogens with zero attached hydrogens (tertiary/aromatic N) is 1. The van der Waals surface area contributed by atoms with Crippen LogP contribution >= 0.6 is 0 Å². The fourth-order valence-electron chi connectivity index (χ4n) is 2.63. The third-order valence-electron chi connectivity index (χ3n) is 3.80. The number of carboxylic acid groups (broad SMARTS) is 1. The molecule has 3 aromatic rings. The second-order valence-electron chi connectivity index (χ2n) is 5.75. The van der Waals surface area contributed by atoms with Crippen molar-refractivity contribution in [1.82, 2.24) is 4.57 Å². The second kappa shape index (κ2) is 7.08. The number of aromatic nitrogens is 1. The van der Waals surface area contributed by atoms with Crippen molar-refractivity contribution in [2.45, 2.75) is 12.1 Å². The molecule has 0 bridgehead atoms. The highest BCUT2D eigenvalue weighted by molar-refractivity contribution is 7.93. The monoisotopic (exact) mass is 414 g/mol. The molecule has 0 saturated carbocycles. The summed E-state index contributed by atoms with van der Waals surface area (Å²) in [4.78, 5) is 11.0. The highest BCUT2D eigenvalue weighted by Gasteiger charge is 2.46. The predicted octanol–water partition coefficient (Wildman–Crippen LogP) is 4.01. The second-order valence-corrected chi connectivity index (χ2v) is 7.42. The molecule has 1 heterocycles. The van der Waals surface area contributed by atoms with Crippen LogP contribution in [0.1, 0.15) is 5.56 Å². The summed E-state index contributed by atoms with van der Waals surface area (Å²) in [5.74, 6) is -0.0535. The van der Waals surface area contributed by atoms with E-state index in [4.69, 9.17) is 9.84 Å². The third kappa shape index (κ3) is 4.03. The number of alkyl halides is 3. The molecule has 0 unspecified atom stereocenters. The third-order valence-corrected chi connectivity index (χ3v) is 4.91. The molecule has 0 atom stereocenters. The summed E-state index contributed by atoms with van der Waals surface area (Å²) < 4.78 is 67.9. The van der Waals surface area contributed by atoms with Crippen LogP contribution in [0, 0.1) is 0 Å². The minimum absolute atomic E-state index is 0.0535. The SMILES string of the molecule is O=C(O)Oc1cc2cc(NS(=O)(=O)C(F)(F)F)ccc2n1Cc1ccccc1. The molecule has 1 aromatic heterocycles. The van der Waals surface area contributed by atoms with Gasteiger partial charge < -0.3 is 14.4 Å². The number of ether oxygens (including phenoxy) is 1. The first-order valence-corrected chi connectivity index (χ1v) is 9.22. The summed E-state index contributed by atoms with van der Waals surface area (Å²) in [5.41, 5.74) is -4.49. The molecule has 11 heteroatoms. The van der Waals surface area contributed by atoms with Crippen molar-refractivity contribution in [3.63, 3.8) is 0 Å². The maximum Gasteiger partial charge on any atom is 0.516 e. The van der Waals surface area contributed by atoms with Gasteiger partial charge in [0.25, 0.3) is 0 Å². The smallest absolute Gasteiger partial charge is 0.449 e. The molecule has 0 fully saturated rings. The van der Waals surface area contributed by atoms with Gasteiger partial charge in [-0.05, 0) is 23.8 Å². The molecule has 0 aliphatic rings. The highest BCUT2D eigenvalue weighted by atomic mass is 32.2. The van der Waals surface area contributed by atoms with Gasteiger partial charge in [-0.25, -0.2) is 4.79 Å². The van der Waals surface area contributed by atoms with Crippen LogP contribution in [0.4, 0.5) is 23.7 Å². The molecule has 0 saturated heterocycles. The number of hydrogen-bond acceptors (Lipinski definition) is 4. The van der Waals surface area contributed by atoms with Crippen molar-refractivity contribution < 1.29 is 36.2 Å². The van der Waals surface area contributed by atoms with E-state index in [1.165, 1.54) is 21.4 Å². The molecule has 28 heavy (non-hydrogen) atoms. The minimum Gasteiger partial charge on any atom is -0.449 e. The number of halogens is 3. The number of sulfonamides is 1. The van der Waals surface area contributed by atoms with Crippen LogP contribution in [0.25, 0.3) is 10.9 Å². The molecule has 0 aliphatic carbocycles. The van der Waals surface area contributed by atoms with Crippen LogP contribution in [-0.2, 0) is 16.6 Å². The topological polar surface area (TPSA) is 97.6 Å². The zero-order valence-corrected chi connectivity index (χ0v) is 14.8. The molecule has 2 N–H and O–H groups in total. The molecule has 0 radical (unpaired) electrons. The molecule has 2 aromatic carbocycles. The van der Waals surface area contributed by atoms with E-state index < -0.39 is 21.7 Å². The average molecular weight is 414 g/mol. The lowest BCUT2D eigenvalue weighted by Gasteiger charge is -2.11. The quantitative estimate of drug-likeness (QED) is 0.615. The van der Waals surface area contributed by atoms with E-state index in [1.54, 1.807) is 12.1 Å². The Bertz CT molecular complexity index is 1120. The van der Waals surface area contributed by atoms with Gasteiger partial charge in [-0.1, -0.05) is 30.3 Å². The van der Waals surface area contributed by atoms with Crippen LogP contribution in [0.5, 0.6) is 5.88 Å². The Hall–Kier alpha value is -3.21. The first kappa shape index (κ1) is 19.5. The lowest BCUT2D eigenvalue weighted by atomic mass is 10.2. The molecule has 0 spiro atoms.